The second-order valence-corrected chi connectivity index (χ2v) is 8.73. The van der Waals surface area contributed by atoms with E-state index in [2.05, 4.69) is 0 Å². The molecule has 2 rings (SSSR count). The van der Waals surface area contributed by atoms with E-state index in [-0.39, 0.29) is 11.3 Å². The Morgan fingerprint density at radius 3 is 2.00 bits per heavy atom. The fourth-order valence-corrected chi connectivity index (χ4v) is 3.68. The first kappa shape index (κ1) is 20.0. The van der Waals surface area contributed by atoms with Crippen LogP contribution in [0.1, 0.15) is 5.56 Å². The summed E-state index contributed by atoms with van der Waals surface area (Å²) in [6.45, 7) is -0.501. The van der Waals surface area contributed by atoms with Gasteiger partial charge in [0.1, 0.15) is 5.92 Å². The molecular weight excluding hydrogens is 390 g/mol. The first-order chi connectivity index (χ1) is 12.0. The predicted octanol–water partition coefficient (Wildman–Crippen LogP) is -1.62. The monoisotopic (exact) mass is 405 g/mol. The standard InChI is InChI=1S/C13H15N3O8S2/c17-11-10(12(18)16-13(19)15-11)7-8-1-3-9(4-2-8)26(23,24)14-5-6-25(20,21)22/h1-4,10,14H,5-7H2,(H,20,21,22)(H2,15,16,17,18,19). The minimum atomic E-state index is -4.29. The van der Waals surface area contributed by atoms with Gasteiger partial charge in [-0.2, -0.15) is 8.42 Å². The first-order valence-electron chi connectivity index (χ1n) is 7.17. The number of carbonyl (C=O) groups is 3. The Morgan fingerprint density at radius 2 is 1.50 bits per heavy atom. The molecule has 1 aromatic rings. The molecule has 0 atom stereocenters. The Bertz CT molecular complexity index is 918. The molecule has 1 saturated heterocycles. The van der Waals surface area contributed by atoms with Gasteiger partial charge in [0, 0.05) is 6.54 Å². The van der Waals surface area contributed by atoms with E-state index in [1.54, 1.807) is 0 Å². The van der Waals surface area contributed by atoms with Crippen molar-refractivity contribution in [3.63, 3.8) is 0 Å². The van der Waals surface area contributed by atoms with E-state index in [0.717, 1.165) is 0 Å². The van der Waals surface area contributed by atoms with Crippen LogP contribution in [0.2, 0.25) is 0 Å². The number of sulfonamides is 1. The van der Waals surface area contributed by atoms with E-state index < -0.39 is 56.2 Å². The third-order valence-electron chi connectivity index (χ3n) is 3.43. The van der Waals surface area contributed by atoms with Crippen molar-refractivity contribution in [1.82, 2.24) is 15.4 Å². The second kappa shape index (κ2) is 7.49. The molecule has 1 heterocycles. The van der Waals surface area contributed by atoms with E-state index in [1.807, 2.05) is 15.4 Å². The van der Waals surface area contributed by atoms with Crippen LogP contribution in [0.5, 0.6) is 0 Å². The molecule has 4 N–H and O–H groups in total. The van der Waals surface area contributed by atoms with E-state index in [1.165, 1.54) is 24.3 Å². The summed E-state index contributed by atoms with van der Waals surface area (Å²) in [5, 5.41) is 3.93. The summed E-state index contributed by atoms with van der Waals surface area (Å²) >= 11 is 0. The highest BCUT2D eigenvalue weighted by atomic mass is 32.2. The fourth-order valence-electron chi connectivity index (χ4n) is 2.16. The van der Waals surface area contributed by atoms with E-state index in [9.17, 15) is 31.2 Å². The summed E-state index contributed by atoms with van der Waals surface area (Å²) < 4.78 is 55.8. The van der Waals surface area contributed by atoms with Crippen molar-refractivity contribution < 1.29 is 35.8 Å². The van der Waals surface area contributed by atoms with E-state index >= 15 is 0 Å². The Labute approximate surface area is 149 Å². The van der Waals surface area contributed by atoms with Gasteiger partial charge in [0.25, 0.3) is 10.1 Å². The van der Waals surface area contributed by atoms with Crippen molar-refractivity contribution in [1.29, 1.82) is 0 Å². The average Bonchev–Trinajstić information content (AvgIpc) is 2.50. The van der Waals surface area contributed by atoms with Crippen LogP contribution in [-0.4, -0.2) is 51.5 Å². The Balaban J connectivity index is 2.04. The molecule has 26 heavy (non-hydrogen) atoms. The number of amides is 4. The maximum Gasteiger partial charge on any atom is 0.328 e. The van der Waals surface area contributed by atoms with Gasteiger partial charge in [0.05, 0.1) is 10.6 Å². The van der Waals surface area contributed by atoms with Crippen molar-refractivity contribution in [3.05, 3.63) is 29.8 Å². The number of carbonyl (C=O) groups excluding carboxylic acids is 3. The molecule has 4 amide bonds. The number of hydrogen-bond donors (Lipinski definition) is 4. The molecule has 0 saturated carbocycles. The van der Waals surface area contributed by atoms with Crippen LogP contribution in [0, 0.1) is 5.92 Å². The molecule has 0 radical (unpaired) electrons. The van der Waals surface area contributed by atoms with Gasteiger partial charge in [-0.3, -0.25) is 24.8 Å². The largest absolute Gasteiger partial charge is 0.328 e. The SMILES string of the molecule is O=C1NC(=O)C(Cc2ccc(S(=O)(=O)NCCS(=O)(=O)O)cc2)C(=O)N1. The van der Waals surface area contributed by atoms with Gasteiger partial charge in [-0.25, -0.2) is 17.9 Å². The summed E-state index contributed by atoms with van der Waals surface area (Å²) in [6, 6.07) is 4.31. The maximum atomic E-state index is 12.0. The average molecular weight is 405 g/mol. The summed E-state index contributed by atoms with van der Waals surface area (Å²) in [5.74, 6) is -3.39. The quantitative estimate of drug-likeness (QED) is 0.309. The van der Waals surface area contributed by atoms with Gasteiger partial charge in [-0.15, -0.1) is 0 Å². The number of imide groups is 2. The lowest BCUT2D eigenvalue weighted by Crippen LogP contribution is -2.56. The van der Waals surface area contributed by atoms with Gasteiger partial charge in [-0.1, -0.05) is 12.1 Å². The number of barbiturate groups is 1. The van der Waals surface area contributed by atoms with Crippen molar-refractivity contribution >= 4 is 38.0 Å². The van der Waals surface area contributed by atoms with E-state index in [4.69, 9.17) is 4.55 Å². The van der Waals surface area contributed by atoms with Gasteiger partial charge >= 0.3 is 6.03 Å². The molecule has 0 aromatic heterocycles. The highest BCUT2D eigenvalue weighted by Gasteiger charge is 2.34. The van der Waals surface area contributed by atoms with E-state index in [0.29, 0.717) is 5.56 Å². The van der Waals surface area contributed by atoms with Gasteiger partial charge < -0.3 is 0 Å². The smallest absolute Gasteiger partial charge is 0.286 e. The molecule has 0 spiro atoms. The van der Waals surface area contributed by atoms with Crippen LogP contribution in [-0.2, 0) is 36.2 Å². The zero-order valence-corrected chi connectivity index (χ0v) is 14.8. The molecule has 1 fully saturated rings. The second-order valence-electron chi connectivity index (χ2n) is 5.39. The van der Waals surface area contributed by atoms with Crippen molar-refractivity contribution in [2.24, 2.45) is 5.92 Å². The Hall–Kier alpha value is -2.35. The minimum Gasteiger partial charge on any atom is -0.286 e. The van der Waals surface area contributed by atoms with Crippen molar-refractivity contribution in [3.8, 4) is 0 Å². The van der Waals surface area contributed by atoms with Crippen LogP contribution in [0.4, 0.5) is 4.79 Å². The number of hydrogen-bond acceptors (Lipinski definition) is 7. The lowest BCUT2D eigenvalue weighted by Gasteiger charge is -2.20. The third-order valence-corrected chi connectivity index (χ3v) is 5.63. The molecule has 11 nitrogen and oxygen atoms in total. The topological polar surface area (TPSA) is 176 Å². The minimum absolute atomic E-state index is 0.0402. The summed E-state index contributed by atoms with van der Waals surface area (Å²) in [7, 11) is -8.28. The lowest BCUT2D eigenvalue weighted by molar-refractivity contribution is -0.135. The zero-order valence-electron chi connectivity index (χ0n) is 13.1. The van der Waals surface area contributed by atoms with Gasteiger partial charge in [-0.05, 0) is 24.1 Å². The summed E-state index contributed by atoms with van der Waals surface area (Å²) in [6.07, 6.45) is -0.0402. The van der Waals surface area contributed by atoms with Crippen LogP contribution >= 0.6 is 0 Å². The Kier molecular flexibility index (Phi) is 5.75. The first-order valence-corrected chi connectivity index (χ1v) is 10.3. The maximum absolute atomic E-state index is 12.0. The number of rotatable bonds is 7. The number of benzene rings is 1. The molecule has 1 aliphatic rings. The number of nitrogens with one attached hydrogen (secondary N) is 3. The zero-order chi connectivity index (χ0) is 19.5. The molecule has 0 unspecified atom stereocenters. The lowest BCUT2D eigenvalue weighted by atomic mass is 9.96. The van der Waals surface area contributed by atoms with Crippen LogP contribution in [0.25, 0.3) is 0 Å². The normalized spacial score (nSPS) is 16.3. The van der Waals surface area contributed by atoms with Gasteiger partial charge in [0.15, 0.2) is 0 Å². The molecular formula is C13H15N3O8S2. The third kappa shape index (κ3) is 5.32. The molecule has 0 aliphatic carbocycles. The summed E-state index contributed by atoms with van der Waals surface area (Å²) in [5.41, 5.74) is 0.478. The molecule has 142 valence electrons. The van der Waals surface area contributed by atoms with Crippen LogP contribution < -0.4 is 15.4 Å². The van der Waals surface area contributed by atoms with Crippen LogP contribution in [0.3, 0.4) is 0 Å². The molecule has 13 heteroatoms. The van der Waals surface area contributed by atoms with Crippen LogP contribution in [0.15, 0.2) is 29.2 Å². The van der Waals surface area contributed by atoms with Crippen molar-refractivity contribution in [2.45, 2.75) is 11.3 Å². The number of urea groups is 1. The highest BCUT2D eigenvalue weighted by molar-refractivity contribution is 7.89. The van der Waals surface area contributed by atoms with Crippen molar-refractivity contribution in [2.75, 3.05) is 12.3 Å². The van der Waals surface area contributed by atoms with Gasteiger partial charge in [0.2, 0.25) is 21.8 Å². The molecule has 1 aromatic carbocycles. The molecule has 0 bridgehead atoms. The molecule has 1 aliphatic heterocycles. The predicted molar refractivity (Wildman–Crippen MR) is 86.9 cm³/mol. The summed E-state index contributed by atoms with van der Waals surface area (Å²) in [4.78, 5) is 34.2. The highest BCUT2D eigenvalue weighted by Crippen LogP contribution is 2.15. The Morgan fingerprint density at radius 1 is 0.962 bits per heavy atom. The fraction of sp³-hybridized carbons (Fsp3) is 0.308.